The minimum atomic E-state index is -5.06. The Bertz CT molecular complexity index is 1770. The number of likely N-dealkylation sites (tertiary alicyclic amines) is 2. The van der Waals surface area contributed by atoms with Crippen LogP contribution < -0.4 is 11.5 Å². The van der Waals surface area contributed by atoms with E-state index in [0.717, 1.165) is 32.1 Å². The maximum absolute atomic E-state index is 13.5. The van der Waals surface area contributed by atoms with Gasteiger partial charge in [-0.25, -0.2) is 0 Å². The Kier molecular flexibility index (Phi) is 17.3. The summed E-state index contributed by atoms with van der Waals surface area (Å²) in [7, 11) is 0. The summed E-state index contributed by atoms with van der Waals surface area (Å²) in [5, 5.41) is 0. The smallest absolute Gasteiger partial charge is 0.375 e. The first kappa shape index (κ1) is 48.0. The summed E-state index contributed by atoms with van der Waals surface area (Å²) in [6, 6.07) is 21.4. The number of amides is 4. The fourth-order valence-electron chi connectivity index (χ4n) is 7.78. The number of ether oxygens (including phenoxy) is 2. The summed E-state index contributed by atoms with van der Waals surface area (Å²) in [5.74, 6) is -4.85. The Hall–Kier alpha value is -5.04. The molecular weight excluding hydrogens is 823 g/mol. The van der Waals surface area contributed by atoms with Crippen molar-refractivity contribution in [2.24, 2.45) is 11.5 Å². The number of nitrogens with two attached hydrogens (primary N) is 2. The SMILES string of the molecule is N[C@@H](COCc1ccc(COC[C@H](N)C(=O)N2CCC[C@H]2CN(CCc2ccccc2)C(=O)C(F)(F)F)cc1)C(=O)N1CCC[C@H]1CN(CCc1ccccc1)C(=O)C(F)(F)F. The Morgan fingerprint density at radius 1 is 0.581 bits per heavy atom. The Labute approximate surface area is 357 Å². The third-order valence-electron chi connectivity index (χ3n) is 11.1. The summed E-state index contributed by atoms with van der Waals surface area (Å²) in [6.07, 6.45) is -7.70. The fourth-order valence-corrected chi connectivity index (χ4v) is 7.78. The Balaban J connectivity index is 1.04. The van der Waals surface area contributed by atoms with Crippen molar-refractivity contribution in [2.75, 3.05) is 52.5 Å². The van der Waals surface area contributed by atoms with Crippen molar-refractivity contribution < 1.29 is 55.0 Å². The van der Waals surface area contributed by atoms with Crippen molar-refractivity contribution in [1.29, 1.82) is 0 Å². The summed E-state index contributed by atoms with van der Waals surface area (Å²) in [6.45, 7) is -0.357. The van der Waals surface area contributed by atoms with Crippen LogP contribution in [0.3, 0.4) is 0 Å². The first-order valence-corrected chi connectivity index (χ1v) is 20.7. The van der Waals surface area contributed by atoms with Gasteiger partial charge in [0.2, 0.25) is 11.8 Å². The van der Waals surface area contributed by atoms with Crippen LogP contribution in [0.2, 0.25) is 0 Å². The molecule has 4 atom stereocenters. The number of carbonyl (C=O) groups excluding carboxylic acids is 4. The van der Waals surface area contributed by atoms with Crippen LogP contribution in [0.15, 0.2) is 84.9 Å². The van der Waals surface area contributed by atoms with Crippen molar-refractivity contribution in [2.45, 2.75) is 88.3 Å². The van der Waals surface area contributed by atoms with E-state index in [2.05, 4.69) is 0 Å². The second kappa shape index (κ2) is 22.4. The van der Waals surface area contributed by atoms with E-state index in [1.165, 1.54) is 9.80 Å². The molecule has 62 heavy (non-hydrogen) atoms. The summed E-state index contributed by atoms with van der Waals surface area (Å²) in [5.41, 5.74) is 15.4. The number of carbonyl (C=O) groups is 4. The van der Waals surface area contributed by atoms with E-state index in [0.29, 0.717) is 38.8 Å². The summed E-state index contributed by atoms with van der Waals surface area (Å²) < 4.78 is 92.5. The molecule has 4 N–H and O–H groups in total. The van der Waals surface area contributed by atoms with Gasteiger partial charge >= 0.3 is 24.2 Å². The molecule has 0 aliphatic carbocycles. The van der Waals surface area contributed by atoms with Crippen LogP contribution in [0.5, 0.6) is 0 Å². The lowest BCUT2D eigenvalue weighted by molar-refractivity contribution is -0.186. The predicted octanol–water partition coefficient (Wildman–Crippen LogP) is 4.62. The molecule has 2 saturated heterocycles. The molecule has 338 valence electrons. The third kappa shape index (κ3) is 14.0. The number of hydrogen-bond donors (Lipinski definition) is 2. The fraction of sp³-hybridized carbons (Fsp3) is 0.500. The van der Waals surface area contributed by atoms with E-state index in [1.54, 1.807) is 84.9 Å². The minimum Gasteiger partial charge on any atom is -0.375 e. The standard InChI is InChI=1S/C44H54F6N6O6/c45-43(46,47)41(59)53(23-19-31-9-3-1-4-10-31)25-35-13-7-21-55(35)39(57)37(51)29-61-27-33-15-17-34(18-16-33)28-62-30-38(52)40(58)56-22-8-14-36(56)26-54(42(60)44(48,49)50)24-20-32-11-5-2-6-12-32/h1-6,9-12,15-18,35-38H,7-8,13-14,19-30,51-52H2/t35-,36-,37-,38-/m0/s1. The number of benzene rings is 3. The van der Waals surface area contributed by atoms with Crippen molar-refractivity contribution in [3.05, 3.63) is 107 Å². The normalized spacial score (nSPS) is 17.8. The Morgan fingerprint density at radius 2 is 0.935 bits per heavy atom. The van der Waals surface area contributed by atoms with Gasteiger partial charge in [0, 0.05) is 51.4 Å². The lowest BCUT2D eigenvalue weighted by atomic mass is 10.1. The molecule has 0 radical (unpaired) electrons. The number of alkyl halides is 6. The van der Waals surface area contributed by atoms with Gasteiger partial charge in [0.1, 0.15) is 12.1 Å². The first-order valence-electron chi connectivity index (χ1n) is 20.7. The van der Waals surface area contributed by atoms with E-state index < -0.39 is 60.1 Å². The van der Waals surface area contributed by atoms with Gasteiger partial charge in [-0.3, -0.25) is 19.2 Å². The molecule has 0 aromatic heterocycles. The van der Waals surface area contributed by atoms with Gasteiger partial charge in [0.25, 0.3) is 0 Å². The van der Waals surface area contributed by atoms with E-state index in [9.17, 15) is 45.5 Å². The van der Waals surface area contributed by atoms with E-state index >= 15 is 0 Å². The lowest BCUT2D eigenvalue weighted by Gasteiger charge is -2.32. The molecule has 2 aliphatic heterocycles. The van der Waals surface area contributed by atoms with Gasteiger partial charge in [0.15, 0.2) is 0 Å². The van der Waals surface area contributed by atoms with Crippen LogP contribution in [0.25, 0.3) is 0 Å². The highest BCUT2D eigenvalue weighted by Crippen LogP contribution is 2.26. The van der Waals surface area contributed by atoms with E-state index in [4.69, 9.17) is 20.9 Å². The van der Waals surface area contributed by atoms with Gasteiger partial charge in [-0.05, 0) is 60.8 Å². The molecule has 2 fully saturated rings. The molecule has 2 heterocycles. The molecule has 0 spiro atoms. The van der Waals surface area contributed by atoms with Gasteiger partial charge in [-0.1, -0.05) is 84.9 Å². The van der Waals surface area contributed by atoms with E-state index in [-0.39, 0.29) is 65.4 Å². The minimum absolute atomic E-state index is 0.105. The molecule has 3 aromatic carbocycles. The highest BCUT2D eigenvalue weighted by Gasteiger charge is 2.45. The molecular formula is C44H54F6N6O6. The van der Waals surface area contributed by atoms with Crippen LogP contribution in [0, 0.1) is 0 Å². The second-order valence-electron chi connectivity index (χ2n) is 15.7. The first-order chi connectivity index (χ1) is 29.5. The van der Waals surface area contributed by atoms with Gasteiger partial charge in [-0.2, -0.15) is 26.3 Å². The molecule has 12 nitrogen and oxygen atoms in total. The highest BCUT2D eigenvalue weighted by molar-refractivity contribution is 5.84. The predicted molar refractivity (Wildman–Crippen MR) is 217 cm³/mol. The zero-order chi connectivity index (χ0) is 44.9. The Morgan fingerprint density at radius 3 is 1.27 bits per heavy atom. The maximum atomic E-state index is 13.5. The molecule has 3 aromatic rings. The maximum Gasteiger partial charge on any atom is 0.471 e. The van der Waals surface area contributed by atoms with Gasteiger partial charge < -0.3 is 40.5 Å². The van der Waals surface area contributed by atoms with Crippen molar-refractivity contribution >= 4 is 23.6 Å². The van der Waals surface area contributed by atoms with E-state index in [1.807, 2.05) is 0 Å². The lowest BCUT2D eigenvalue weighted by Crippen LogP contribution is -2.53. The zero-order valence-electron chi connectivity index (χ0n) is 34.4. The molecule has 2 aliphatic rings. The molecule has 18 heteroatoms. The van der Waals surface area contributed by atoms with Crippen LogP contribution in [-0.2, 0) is 54.7 Å². The zero-order valence-corrected chi connectivity index (χ0v) is 34.4. The van der Waals surface area contributed by atoms with Crippen molar-refractivity contribution in [3.8, 4) is 0 Å². The molecule has 5 rings (SSSR count). The number of halogens is 6. The van der Waals surface area contributed by atoms with Crippen LogP contribution >= 0.6 is 0 Å². The van der Waals surface area contributed by atoms with Crippen molar-refractivity contribution in [3.63, 3.8) is 0 Å². The topological polar surface area (TPSA) is 152 Å². The number of rotatable bonds is 20. The average Bonchev–Trinajstić information content (AvgIpc) is 3.93. The summed E-state index contributed by atoms with van der Waals surface area (Å²) in [4.78, 5) is 55.7. The summed E-state index contributed by atoms with van der Waals surface area (Å²) >= 11 is 0. The second-order valence-corrected chi connectivity index (χ2v) is 15.7. The van der Waals surface area contributed by atoms with Gasteiger partial charge in [-0.15, -0.1) is 0 Å². The van der Waals surface area contributed by atoms with Crippen LogP contribution in [-0.4, -0.2) is 132 Å². The van der Waals surface area contributed by atoms with Crippen LogP contribution in [0.4, 0.5) is 26.3 Å². The quantitative estimate of drug-likeness (QED) is 0.156. The molecule has 0 bridgehead atoms. The monoisotopic (exact) mass is 876 g/mol. The largest absolute Gasteiger partial charge is 0.471 e. The third-order valence-corrected chi connectivity index (χ3v) is 11.1. The van der Waals surface area contributed by atoms with Crippen LogP contribution in [0.1, 0.15) is 47.9 Å². The van der Waals surface area contributed by atoms with Crippen molar-refractivity contribution in [1.82, 2.24) is 19.6 Å². The van der Waals surface area contributed by atoms with Gasteiger partial charge in [0.05, 0.1) is 26.4 Å². The molecule has 4 amide bonds. The highest BCUT2D eigenvalue weighted by atomic mass is 19.4. The average molecular weight is 877 g/mol. The number of hydrogen-bond acceptors (Lipinski definition) is 8. The molecule has 0 saturated carbocycles. The molecule has 0 unspecified atom stereocenters. The number of nitrogens with zero attached hydrogens (tertiary/aromatic N) is 4.